The van der Waals surface area contributed by atoms with Crippen molar-refractivity contribution in [3.63, 3.8) is 0 Å². The number of aromatic nitrogens is 4. The molecule has 2 heterocycles. The van der Waals surface area contributed by atoms with Gasteiger partial charge in [0, 0.05) is 10.4 Å². The first-order valence-corrected chi connectivity index (χ1v) is 9.47. The molecule has 0 saturated carbocycles. The monoisotopic (exact) mass is 385 g/mol. The van der Waals surface area contributed by atoms with Crippen LogP contribution in [-0.4, -0.2) is 30.0 Å². The molecule has 0 unspecified atom stereocenters. The number of thioether (sulfide) groups is 1. The van der Waals surface area contributed by atoms with E-state index in [-0.39, 0.29) is 17.2 Å². The van der Waals surface area contributed by atoms with E-state index in [1.807, 2.05) is 38.1 Å². The van der Waals surface area contributed by atoms with Gasteiger partial charge in [0.05, 0.1) is 0 Å². The van der Waals surface area contributed by atoms with E-state index in [2.05, 4.69) is 36.3 Å². The quantitative estimate of drug-likeness (QED) is 0.698. The fourth-order valence-corrected chi connectivity index (χ4v) is 3.40. The number of hydrogen-bond donors (Lipinski definition) is 1. The van der Waals surface area contributed by atoms with Gasteiger partial charge >= 0.3 is 5.69 Å². The summed E-state index contributed by atoms with van der Waals surface area (Å²) in [5, 5.41) is 12.1. The van der Waals surface area contributed by atoms with Crippen LogP contribution in [0.15, 0.2) is 40.2 Å². The number of nitrogens with one attached hydrogen (secondary N) is 1. The molecule has 0 aliphatic carbocycles. The highest BCUT2D eigenvalue weighted by Gasteiger charge is 2.16. The largest absolute Gasteiger partial charge is 0.367 e. The lowest BCUT2D eigenvalue weighted by Crippen LogP contribution is -2.29. The average Bonchev–Trinajstić information content (AvgIpc) is 2.85. The highest BCUT2D eigenvalue weighted by molar-refractivity contribution is 8.00. The van der Waals surface area contributed by atoms with E-state index in [4.69, 9.17) is 0 Å². The van der Waals surface area contributed by atoms with Crippen molar-refractivity contribution in [1.29, 1.82) is 0 Å². The van der Waals surface area contributed by atoms with Crippen LogP contribution in [0.25, 0.3) is 5.65 Å². The first kappa shape index (κ1) is 19.2. The number of nitrogens with zero attached hydrogens (tertiary/aromatic N) is 4. The Morgan fingerprint density at radius 3 is 2.52 bits per heavy atom. The molecule has 3 rings (SSSR count). The first-order chi connectivity index (χ1) is 12.6. The molecule has 2 aromatic heterocycles. The summed E-state index contributed by atoms with van der Waals surface area (Å²) in [4.78, 5) is 24.9. The Balaban J connectivity index is 1.80. The Hall–Kier alpha value is -2.61. The minimum absolute atomic E-state index is 0.0215. The molecule has 1 N–H and O–H groups in total. The SMILES string of the molecule is Cc1ccc(NC(=O)Cn2nc3ccc(SC(C)(C)C)nn3c2=O)cc1C. The van der Waals surface area contributed by atoms with Gasteiger partial charge in [-0.3, -0.25) is 4.79 Å². The Morgan fingerprint density at radius 2 is 1.85 bits per heavy atom. The maximum Gasteiger partial charge on any atom is 0.367 e. The zero-order valence-electron chi connectivity index (χ0n) is 16.1. The summed E-state index contributed by atoms with van der Waals surface area (Å²) in [6.45, 7) is 10.1. The van der Waals surface area contributed by atoms with E-state index in [0.29, 0.717) is 11.3 Å². The molecular formula is C19H23N5O2S. The lowest BCUT2D eigenvalue weighted by atomic mass is 10.1. The summed E-state index contributed by atoms with van der Waals surface area (Å²) >= 11 is 1.56. The van der Waals surface area contributed by atoms with Crippen LogP contribution in [0, 0.1) is 13.8 Å². The van der Waals surface area contributed by atoms with E-state index >= 15 is 0 Å². The van der Waals surface area contributed by atoms with Gasteiger partial charge in [0.25, 0.3) is 0 Å². The van der Waals surface area contributed by atoms with Crippen molar-refractivity contribution in [2.45, 2.75) is 50.9 Å². The lowest BCUT2D eigenvalue weighted by molar-refractivity contribution is -0.117. The normalized spacial score (nSPS) is 11.7. The van der Waals surface area contributed by atoms with Crippen LogP contribution < -0.4 is 11.0 Å². The van der Waals surface area contributed by atoms with E-state index < -0.39 is 5.69 Å². The summed E-state index contributed by atoms with van der Waals surface area (Å²) in [7, 11) is 0. The second-order valence-electron chi connectivity index (χ2n) is 7.44. The third kappa shape index (κ3) is 4.57. The molecule has 3 aromatic rings. The Bertz CT molecular complexity index is 1060. The van der Waals surface area contributed by atoms with Crippen molar-refractivity contribution >= 4 is 29.0 Å². The molecule has 0 saturated heterocycles. The van der Waals surface area contributed by atoms with Crippen LogP contribution in [0.1, 0.15) is 31.9 Å². The molecule has 0 atom stereocenters. The van der Waals surface area contributed by atoms with Crippen molar-refractivity contribution in [1.82, 2.24) is 19.4 Å². The molecule has 0 bridgehead atoms. The molecular weight excluding hydrogens is 362 g/mol. The van der Waals surface area contributed by atoms with Crippen LogP contribution in [0.4, 0.5) is 5.69 Å². The number of aryl methyl sites for hydroxylation is 2. The van der Waals surface area contributed by atoms with Gasteiger partial charge in [-0.15, -0.1) is 5.10 Å². The molecule has 1 aromatic carbocycles. The van der Waals surface area contributed by atoms with Gasteiger partial charge in [-0.05, 0) is 49.2 Å². The molecule has 0 aliphatic heterocycles. The van der Waals surface area contributed by atoms with Crippen LogP contribution in [0.5, 0.6) is 0 Å². The fourth-order valence-electron chi connectivity index (χ4n) is 2.52. The van der Waals surface area contributed by atoms with Gasteiger partial charge in [-0.25, -0.2) is 9.48 Å². The van der Waals surface area contributed by atoms with E-state index in [1.165, 1.54) is 4.52 Å². The van der Waals surface area contributed by atoms with Gasteiger partial charge < -0.3 is 5.32 Å². The molecule has 1 amide bonds. The van der Waals surface area contributed by atoms with Crippen LogP contribution in [0.2, 0.25) is 0 Å². The average molecular weight is 385 g/mol. The van der Waals surface area contributed by atoms with Crippen molar-refractivity contribution in [2.75, 3.05) is 5.32 Å². The fraction of sp³-hybridized carbons (Fsp3) is 0.368. The number of fused-ring (bicyclic) bond motifs is 1. The number of carbonyl (C=O) groups excluding carboxylic acids is 1. The predicted molar refractivity (Wildman–Crippen MR) is 107 cm³/mol. The first-order valence-electron chi connectivity index (χ1n) is 8.65. The molecule has 8 heteroatoms. The molecule has 0 radical (unpaired) electrons. The molecule has 7 nitrogen and oxygen atoms in total. The predicted octanol–water partition coefficient (Wildman–Crippen LogP) is 3.04. The van der Waals surface area contributed by atoms with Gasteiger partial charge in [0.15, 0.2) is 5.65 Å². The minimum atomic E-state index is -0.434. The topological polar surface area (TPSA) is 81.3 Å². The van der Waals surface area contributed by atoms with Gasteiger partial charge in [0.1, 0.15) is 11.6 Å². The zero-order valence-corrected chi connectivity index (χ0v) is 16.9. The highest BCUT2D eigenvalue weighted by atomic mass is 32.2. The van der Waals surface area contributed by atoms with Crippen LogP contribution >= 0.6 is 11.8 Å². The van der Waals surface area contributed by atoms with Crippen molar-refractivity contribution in [3.05, 3.63) is 51.9 Å². The van der Waals surface area contributed by atoms with Gasteiger partial charge in [-0.2, -0.15) is 9.61 Å². The third-order valence-electron chi connectivity index (χ3n) is 3.91. The summed E-state index contributed by atoms with van der Waals surface area (Å²) in [5.74, 6) is -0.312. The van der Waals surface area contributed by atoms with Gasteiger partial charge in [0.2, 0.25) is 5.91 Å². The number of carbonyl (C=O) groups is 1. The second kappa shape index (κ2) is 7.19. The number of anilines is 1. The summed E-state index contributed by atoms with van der Waals surface area (Å²) in [6.07, 6.45) is 0. The van der Waals surface area contributed by atoms with Crippen molar-refractivity contribution in [3.8, 4) is 0 Å². The molecule has 0 aliphatic rings. The number of amides is 1. The number of benzene rings is 1. The van der Waals surface area contributed by atoms with E-state index in [1.54, 1.807) is 17.8 Å². The lowest BCUT2D eigenvalue weighted by Gasteiger charge is -2.16. The Labute approximate surface area is 161 Å². The zero-order chi connectivity index (χ0) is 19.8. The van der Waals surface area contributed by atoms with Crippen LogP contribution in [-0.2, 0) is 11.3 Å². The summed E-state index contributed by atoms with van der Waals surface area (Å²) in [6, 6.07) is 9.25. The highest BCUT2D eigenvalue weighted by Crippen LogP contribution is 2.29. The van der Waals surface area contributed by atoms with Crippen molar-refractivity contribution < 1.29 is 4.79 Å². The molecule has 0 fully saturated rings. The molecule has 27 heavy (non-hydrogen) atoms. The van der Waals surface area contributed by atoms with Crippen LogP contribution in [0.3, 0.4) is 0 Å². The maximum atomic E-state index is 12.5. The Kier molecular flexibility index (Phi) is 5.10. The van der Waals surface area contributed by atoms with E-state index in [9.17, 15) is 9.59 Å². The second-order valence-corrected chi connectivity index (χ2v) is 9.29. The Morgan fingerprint density at radius 1 is 1.11 bits per heavy atom. The minimum Gasteiger partial charge on any atom is -0.324 e. The summed E-state index contributed by atoms with van der Waals surface area (Å²) < 4.78 is 2.34. The maximum absolute atomic E-state index is 12.5. The van der Waals surface area contributed by atoms with Crippen molar-refractivity contribution in [2.24, 2.45) is 0 Å². The summed E-state index contributed by atoms with van der Waals surface area (Å²) in [5.41, 5.74) is 2.92. The molecule has 0 spiro atoms. The smallest absolute Gasteiger partial charge is 0.324 e. The third-order valence-corrected chi connectivity index (χ3v) is 4.95. The van der Waals surface area contributed by atoms with Gasteiger partial charge in [-0.1, -0.05) is 38.6 Å². The number of hydrogen-bond acceptors (Lipinski definition) is 5. The van der Waals surface area contributed by atoms with E-state index in [0.717, 1.165) is 20.8 Å². The number of rotatable bonds is 4. The molecule has 142 valence electrons. The standard InChI is InChI=1S/C19H23N5O2S/c1-12-6-7-14(10-13(12)2)20-16(25)11-23-18(26)24-15(21-23)8-9-17(22-24)27-19(3,4)5/h6-10H,11H2,1-5H3,(H,20,25).